The highest BCUT2D eigenvalue weighted by Gasteiger charge is 2.22. The molecule has 0 aliphatic rings. The lowest BCUT2D eigenvalue weighted by Gasteiger charge is -2.19. The molecule has 0 spiro atoms. The van der Waals surface area contributed by atoms with Gasteiger partial charge >= 0.3 is 0 Å². The Morgan fingerprint density at radius 3 is 2.55 bits per heavy atom. The van der Waals surface area contributed by atoms with Gasteiger partial charge in [-0.05, 0) is 40.8 Å². The highest BCUT2D eigenvalue weighted by Crippen LogP contribution is 2.26. The average molecular weight is 407 g/mol. The molecule has 1 aromatic carbocycles. The highest BCUT2D eigenvalue weighted by atomic mass is 127. The van der Waals surface area contributed by atoms with Gasteiger partial charge < -0.3 is 4.98 Å². The minimum atomic E-state index is -0.539. The van der Waals surface area contributed by atoms with Crippen molar-refractivity contribution in [3.63, 3.8) is 0 Å². The van der Waals surface area contributed by atoms with Crippen LogP contribution in [0.2, 0.25) is 5.02 Å². The molecule has 1 N–H and O–H groups in total. The second-order valence-electron chi connectivity index (χ2n) is 5.46. The summed E-state index contributed by atoms with van der Waals surface area (Å²) in [5.41, 5.74) is 0.679. The van der Waals surface area contributed by atoms with Crippen LogP contribution in [0, 0.1) is 9.39 Å². The summed E-state index contributed by atoms with van der Waals surface area (Å²) in [6.07, 6.45) is 0. The van der Waals surface area contributed by atoms with Gasteiger partial charge in [-0.1, -0.05) is 32.4 Å². The molecule has 0 unspecified atom stereocenters. The molecule has 0 radical (unpaired) electrons. The first kappa shape index (κ1) is 15.4. The van der Waals surface area contributed by atoms with Gasteiger partial charge in [0.15, 0.2) is 0 Å². The van der Waals surface area contributed by atoms with Gasteiger partial charge in [0, 0.05) is 11.0 Å². The maximum Gasteiger partial charge on any atom is 0.264 e. The first-order valence-electron chi connectivity index (χ1n) is 5.96. The fourth-order valence-corrected chi connectivity index (χ4v) is 2.92. The Kier molecular flexibility index (Phi) is 4.20. The SMILES string of the molecule is CC(C)(C)c1nc(-c2ccc(Cl)c(F)c2)[nH]c(=O)c1I. The van der Waals surface area contributed by atoms with Gasteiger partial charge in [0.1, 0.15) is 15.2 Å². The molecule has 0 atom stereocenters. The summed E-state index contributed by atoms with van der Waals surface area (Å²) in [4.78, 5) is 19.1. The number of rotatable bonds is 1. The number of nitrogens with zero attached hydrogens (tertiary/aromatic N) is 1. The van der Waals surface area contributed by atoms with Gasteiger partial charge in [-0.3, -0.25) is 4.79 Å². The van der Waals surface area contributed by atoms with Crippen LogP contribution in [0.1, 0.15) is 26.5 Å². The number of hydrogen-bond donors (Lipinski definition) is 1. The average Bonchev–Trinajstić information content (AvgIpc) is 2.34. The van der Waals surface area contributed by atoms with E-state index in [4.69, 9.17) is 11.6 Å². The lowest BCUT2D eigenvalue weighted by atomic mass is 9.92. The number of halogens is 3. The summed E-state index contributed by atoms with van der Waals surface area (Å²) in [5.74, 6) is -0.196. The lowest BCUT2D eigenvalue weighted by Crippen LogP contribution is -2.24. The predicted molar refractivity (Wildman–Crippen MR) is 86.7 cm³/mol. The summed E-state index contributed by atoms with van der Waals surface area (Å²) in [5, 5.41) is 0.0395. The minimum Gasteiger partial charge on any atom is -0.306 e. The third-order valence-electron chi connectivity index (χ3n) is 2.77. The van der Waals surface area contributed by atoms with Crippen LogP contribution in [0.5, 0.6) is 0 Å². The molecular weight excluding hydrogens is 394 g/mol. The van der Waals surface area contributed by atoms with E-state index in [9.17, 15) is 9.18 Å². The molecule has 2 rings (SSSR count). The summed E-state index contributed by atoms with van der Waals surface area (Å²) in [6, 6.07) is 4.34. The first-order chi connectivity index (χ1) is 9.20. The van der Waals surface area contributed by atoms with Crippen LogP contribution < -0.4 is 5.56 Å². The number of aromatic amines is 1. The Morgan fingerprint density at radius 2 is 2.00 bits per heavy atom. The van der Waals surface area contributed by atoms with Crippen LogP contribution >= 0.6 is 34.2 Å². The molecule has 0 amide bonds. The number of aromatic nitrogens is 2. The van der Waals surface area contributed by atoms with Gasteiger partial charge in [-0.25, -0.2) is 9.37 Å². The topological polar surface area (TPSA) is 45.8 Å². The number of benzene rings is 1. The smallest absolute Gasteiger partial charge is 0.264 e. The van der Waals surface area contributed by atoms with Crippen LogP contribution in [0.4, 0.5) is 4.39 Å². The Balaban J connectivity index is 2.67. The molecule has 0 bridgehead atoms. The van der Waals surface area contributed by atoms with Crippen molar-refractivity contribution >= 4 is 34.2 Å². The molecule has 0 saturated heterocycles. The molecule has 1 heterocycles. The van der Waals surface area contributed by atoms with Crippen LogP contribution in [0.3, 0.4) is 0 Å². The predicted octanol–water partition coefficient (Wildman–Crippen LogP) is 4.13. The van der Waals surface area contributed by atoms with Gasteiger partial charge in [0.05, 0.1) is 10.7 Å². The van der Waals surface area contributed by atoms with E-state index in [0.29, 0.717) is 20.7 Å². The maximum absolute atomic E-state index is 13.5. The van der Waals surface area contributed by atoms with Crippen LogP contribution in [0.25, 0.3) is 11.4 Å². The quantitative estimate of drug-likeness (QED) is 0.724. The minimum absolute atomic E-state index is 0.0395. The van der Waals surface area contributed by atoms with E-state index >= 15 is 0 Å². The van der Waals surface area contributed by atoms with Crippen molar-refractivity contribution in [1.82, 2.24) is 9.97 Å². The van der Waals surface area contributed by atoms with Crippen LogP contribution in [-0.4, -0.2) is 9.97 Å². The van der Waals surface area contributed by atoms with Gasteiger partial charge in [-0.15, -0.1) is 0 Å². The normalized spacial score (nSPS) is 11.7. The molecule has 2 aromatic rings. The third-order valence-corrected chi connectivity index (χ3v) is 4.07. The van der Waals surface area contributed by atoms with Crippen molar-refractivity contribution < 1.29 is 4.39 Å². The summed E-state index contributed by atoms with van der Waals surface area (Å²) in [6.45, 7) is 5.93. The summed E-state index contributed by atoms with van der Waals surface area (Å²) < 4.78 is 14.1. The standard InChI is InChI=1S/C14H13ClFIN2O/c1-14(2,3)11-10(17)13(20)19-12(18-11)7-4-5-8(15)9(16)6-7/h4-6H,1-3H3,(H,18,19,20). The van der Waals surface area contributed by atoms with Crippen LogP contribution in [-0.2, 0) is 5.41 Å². The Bertz CT molecular complexity index is 722. The summed E-state index contributed by atoms with van der Waals surface area (Å²) in [7, 11) is 0. The monoisotopic (exact) mass is 406 g/mol. The van der Waals surface area contributed by atoms with Crippen molar-refractivity contribution in [3.05, 3.63) is 48.7 Å². The zero-order valence-electron chi connectivity index (χ0n) is 11.2. The fourth-order valence-electron chi connectivity index (χ4n) is 1.74. The molecule has 106 valence electrons. The van der Waals surface area contributed by atoms with E-state index in [0.717, 1.165) is 0 Å². The zero-order chi connectivity index (χ0) is 15.1. The van der Waals surface area contributed by atoms with E-state index in [1.807, 2.05) is 43.4 Å². The second kappa shape index (κ2) is 5.44. The van der Waals surface area contributed by atoms with E-state index in [2.05, 4.69) is 9.97 Å². The Morgan fingerprint density at radius 1 is 1.35 bits per heavy atom. The Hall–Kier alpha value is -0.950. The highest BCUT2D eigenvalue weighted by molar-refractivity contribution is 14.1. The second-order valence-corrected chi connectivity index (χ2v) is 6.94. The van der Waals surface area contributed by atoms with E-state index in [1.165, 1.54) is 12.1 Å². The first-order valence-corrected chi connectivity index (χ1v) is 7.41. The molecule has 3 nitrogen and oxygen atoms in total. The maximum atomic E-state index is 13.5. The molecule has 20 heavy (non-hydrogen) atoms. The van der Waals surface area contributed by atoms with Crippen molar-refractivity contribution in [3.8, 4) is 11.4 Å². The Labute approximate surface area is 134 Å². The molecular formula is C14H13ClFIN2O. The lowest BCUT2D eigenvalue weighted by molar-refractivity contribution is 0.562. The van der Waals surface area contributed by atoms with Crippen molar-refractivity contribution in [2.75, 3.05) is 0 Å². The van der Waals surface area contributed by atoms with Crippen molar-refractivity contribution in [2.24, 2.45) is 0 Å². The van der Waals surface area contributed by atoms with E-state index in [-0.39, 0.29) is 16.0 Å². The third kappa shape index (κ3) is 3.03. The zero-order valence-corrected chi connectivity index (χ0v) is 14.1. The molecule has 6 heteroatoms. The molecule has 0 aliphatic carbocycles. The number of hydrogen-bond acceptors (Lipinski definition) is 2. The number of nitrogens with one attached hydrogen (secondary N) is 1. The van der Waals surface area contributed by atoms with Crippen molar-refractivity contribution in [2.45, 2.75) is 26.2 Å². The van der Waals surface area contributed by atoms with Gasteiger partial charge in [0.25, 0.3) is 5.56 Å². The molecule has 0 saturated carbocycles. The number of H-pyrrole nitrogens is 1. The largest absolute Gasteiger partial charge is 0.306 e. The van der Waals surface area contributed by atoms with E-state index in [1.54, 1.807) is 6.07 Å². The molecule has 1 aromatic heterocycles. The van der Waals surface area contributed by atoms with Crippen LogP contribution in [0.15, 0.2) is 23.0 Å². The fraction of sp³-hybridized carbons (Fsp3) is 0.286. The van der Waals surface area contributed by atoms with E-state index < -0.39 is 5.82 Å². The summed E-state index contributed by atoms with van der Waals surface area (Å²) >= 11 is 7.64. The van der Waals surface area contributed by atoms with Gasteiger partial charge in [0.2, 0.25) is 0 Å². The van der Waals surface area contributed by atoms with Gasteiger partial charge in [-0.2, -0.15) is 0 Å². The molecule has 0 fully saturated rings. The van der Waals surface area contributed by atoms with Crippen molar-refractivity contribution in [1.29, 1.82) is 0 Å². The molecule has 0 aliphatic heterocycles.